The highest BCUT2D eigenvalue weighted by Gasteiger charge is 2.34. The quantitative estimate of drug-likeness (QED) is 0.0452. The highest BCUT2D eigenvalue weighted by Crippen LogP contribution is 2.29. The second-order valence-electron chi connectivity index (χ2n) is 12.9. The van der Waals surface area contributed by atoms with E-state index in [9.17, 15) is 24.0 Å². The van der Waals surface area contributed by atoms with Gasteiger partial charge in [0.25, 0.3) is 11.8 Å². The van der Waals surface area contributed by atoms with Gasteiger partial charge in [0.2, 0.25) is 17.7 Å². The predicted octanol–water partition coefficient (Wildman–Crippen LogP) is -1.92. The van der Waals surface area contributed by atoms with Crippen molar-refractivity contribution in [3.05, 3.63) is 54.4 Å². The van der Waals surface area contributed by atoms with E-state index in [2.05, 4.69) is 46.8 Å². The van der Waals surface area contributed by atoms with Gasteiger partial charge in [0.05, 0.1) is 75.2 Å². The first kappa shape index (κ1) is 41.2. The van der Waals surface area contributed by atoms with E-state index in [-0.39, 0.29) is 82.2 Å². The average Bonchev–Trinajstić information content (AvgIpc) is 3.47. The third-order valence-corrected chi connectivity index (χ3v) is 9.08. The van der Waals surface area contributed by atoms with Crippen molar-refractivity contribution >= 4 is 57.0 Å². The number of aromatic nitrogens is 2. The van der Waals surface area contributed by atoms with Crippen molar-refractivity contribution in [2.75, 3.05) is 110 Å². The number of hydrogen-bond acceptors (Lipinski definition) is 14. The summed E-state index contributed by atoms with van der Waals surface area (Å²) in [6.45, 7) is 6.20. The number of imide groups is 1. The van der Waals surface area contributed by atoms with E-state index in [1.807, 2.05) is 30.3 Å². The maximum absolute atomic E-state index is 13.4. The number of nitrogens with two attached hydrogens (primary N) is 1. The van der Waals surface area contributed by atoms with Gasteiger partial charge in [-0.25, -0.2) is 0 Å². The number of amides is 5. The lowest BCUT2D eigenvalue weighted by molar-refractivity contribution is -0.138. The first-order chi connectivity index (χ1) is 26.8. The van der Waals surface area contributed by atoms with Crippen molar-refractivity contribution in [1.82, 2.24) is 46.4 Å². The molecule has 1 unspecified atom stereocenters. The number of nitrogens with zero attached hydrogens (tertiary/aromatic N) is 4. The monoisotopic (exact) mass is 761 g/mol. The molecule has 4 heterocycles. The molecule has 1 fully saturated rings. The van der Waals surface area contributed by atoms with Crippen LogP contribution in [0.1, 0.15) is 6.42 Å². The van der Waals surface area contributed by atoms with Crippen LogP contribution in [0.2, 0.25) is 0 Å². The number of nitrogens with one attached hydrogen (secondary N) is 6. The number of carbonyl (C=O) groups excluding carboxylic acids is 5. The molecule has 0 spiro atoms. The summed E-state index contributed by atoms with van der Waals surface area (Å²) in [5, 5.41) is 20.1. The SMILES string of the molecule is NCC(=O)NCC(=O)NCCN1CCNCCNCC(C2=CC(=O)N(CCOCCOCCC(=O)Nc3cc4cccnc4c4ncccc34)C2=O)NCC1. The van der Waals surface area contributed by atoms with Crippen molar-refractivity contribution in [1.29, 1.82) is 0 Å². The van der Waals surface area contributed by atoms with Gasteiger partial charge < -0.3 is 47.1 Å². The molecule has 1 aromatic carbocycles. The van der Waals surface area contributed by atoms with Gasteiger partial charge in [-0.2, -0.15) is 0 Å². The lowest BCUT2D eigenvalue weighted by Gasteiger charge is -2.27. The van der Waals surface area contributed by atoms with Crippen LogP contribution < -0.4 is 37.6 Å². The molecule has 1 atom stereocenters. The molecule has 0 radical (unpaired) electrons. The first-order valence-electron chi connectivity index (χ1n) is 18.6. The lowest BCUT2D eigenvalue weighted by Crippen LogP contribution is -2.49. The Labute approximate surface area is 319 Å². The number of anilines is 1. The van der Waals surface area contributed by atoms with Gasteiger partial charge in [-0.1, -0.05) is 6.07 Å². The third-order valence-electron chi connectivity index (χ3n) is 9.08. The Balaban J connectivity index is 0.984. The van der Waals surface area contributed by atoms with Gasteiger partial charge >= 0.3 is 0 Å². The number of hydrogen-bond donors (Lipinski definition) is 7. The minimum atomic E-state index is -0.394. The fourth-order valence-electron chi connectivity index (χ4n) is 6.20. The van der Waals surface area contributed by atoms with Crippen molar-refractivity contribution < 1.29 is 33.4 Å². The van der Waals surface area contributed by atoms with E-state index in [0.29, 0.717) is 50.5 Å². The largest absolute Gasteiger partial charge is 0.379 e. The summed E-state index contributed by atoms with van der Waals surface area (Å²) in [4.78, 5) is 74.5. The molecule has 8 N–H and O–H groups in total. The van der Waals surface area contributed by atoms with Crippen LogP contribution in [0.3, 0.4) is 0 Å². The molecule has 0 aliphatic carbocycles. The van der Waals surface area contributed by atoms with Gasteiger partial charge in [0.15, 0.2) is 0 Å². The van der Waals surface area contributed by atoms with E-state index in [4.69, 9.17) is 15.2 Å². The van der Waals surface area contributed by atoms with Crippen LogP contribution in [0, 0.1) is 0 Å². The van der Waals surface area contributed by atoms with Crippen LogP contribution in [0.15, 0.2) is 54.4 Å². The van der Waals surface area contributed by atoms with Crippen LogP contribution >= 0.6 is 0 Å². The molecule has 296 valence electrons. The van der Waals surface area contributed by atoms with Crippen molar-refractivity contribution in [3.8, 4) is 0 Å². The molecular weight excluding hydrogens is 710 g/mol. The normalized spacial score (nSPS) is 17.4. The van der Waals surface area contributed by atoms with Crippen LogP contribution in [0.4, 0.5) is 5.69 Å². The smallest absolute Gasteiger partial charge is 0.258 e. The van der Waals surface area contributed by atoms with Gasteiger partial charge in [-0.05, 0) is 24.3 Å². The van der Waals surface area contributed by atoms with E-state index in [1.165, 1.54) is 11.0 Å². The zero-order chi connectivity index (χ0) is 38.8. The molecule has 18 nitrogen and oxygen atoms in total. The Morgan fingerprint density at radius 3 is 2.45 bits per heavy atom. The Hall–Kier alpha value is -4.95. The number of ether oxygens (including phenoxy) is 2. The Morgan fingerprint density at radius 2 is 1.62 bits per heavy atom. The number of carbonyl (C=O) groups is 5. The Bertz CT molecular complexity index is 1820. The molecule has 2 aliphatic rings. The number of pyridine rings is 2. The van der Waals surface area contributed by atoms with Crippen LogP contribution in [0.5, 0.6) is 0 Å². The van der Waals surface area contributed by atoms with Crippen LogP contribution in [-0.2, 0) is 33.4 Å². The Kier molecular flexibility index (Phi) is 16.3. The molecule has 1 saturated heterocycles. The fourth-order valence-corrected chi connectivity index (χ4v) is 6.20. The van der Waals surface area contributed by atoms with Gasteiger partial charge in [-0.3, -0.25) is 43.7 Å². The summed E-state index contributed by atoms with van der Waals surface area (Å²) in [7, 11) is 0. The van der Waals surface area contributed by atoms with Gasteiger partial charge in [0, 0.05) is 93.7 Å². The molecular formula is C37H51N11O7. The van der Waals surface area contributed by atoms with E-state index in [1.54, 1.807) is 12.4 Å². The minimum Gasteiger partial charge on any atom is -0.379 e. The molecule has 5 amide bonds. The summed E-state index contributed by atoms with van der Waals surface area (Å²) < 4.78 is 11.3. The maximum Gasteiger partial charge on any atom is 0.258 e. The summed E-state index contributed by atoms with van der Waals surface area (Å²) in [6.07, 6.45) is 4.96. The zero-order valence-electron chi connectivity index (χ0n) is 30.9. The molecule has 2 aromatic heterocycles. The lowest BCUT2D eigenvalue weighted by atomic mass is 10.1. The van der Waals surface area contributed by atoms with Crippen molar-refractivity contribution in [3.63, 3.8) is 0 Å². The molecule has 18 heteroatoms. The first-order valence-corrected chi connectivity index (χ1v) is 18.6. The molecule has 0 bridgehead atoms. The topological polar surface area (TPSA) is 234 Å². The molecule has 5 rings (SSSR count). The molecule has 3 aromatic rings. The summed E-state index contributed by atoms with van der Waals surface area (Å²) in [5.41, 5.74) is 7.80. The minimum absolute atomic E-state index is 0.101. The van der Waals surface area contributed by atoms with Crippen molar-refractivity contribution in [2.45, 2.75) is 12.5 Å². The molecule has 55 heavy (non-hydrogen) atoms. The maximum atomic E-state index is 13.4. The number of rotatable bonds is 17. The highest BCUT2D eigenvalue weighted by atomic mass is 16.5. The predicted molar refractivity (Wildman–Crippen MR) is 206 cm³/mol. The van der Waals surface area contributed by atoms with E-state index < -0.39 is 5.91 Å². The average molecular weight is 762 g/mol. The summed E-state index contributed by atoms with van der Waals surface area (Å²) in [6, 6.07) is 8.99. The van der Waals surface area contributed by atoms with Crippen LogP contribution in [-0.4, -0.2) is 160 Å². The highest BCUT2D eigenvalue weighted by molar-refractivity contribution is 6.17. The van der Waals surface area contributed by atoms with Gasteiger partial charge in [0.1, 0.15) is 0 Å². The number of benzene rings is 1. The second kappa shape index (κ2) is 21.8. The second-order valence-corrected chi connectivity index (χ2v) is 12.9. The summed E-state index contributed by atoms with van der Waals surface area (Å²) in [5.74, 6) is -1.62. The Morgan fingerprint density at radius 1 is 0.855 bits per heavy atom. The number of fused-ring (bicyclic) bond motifs is 3. The fraction of sp³-hybridized carbons (Fsp3) is 0.486. The van der Waals surface area contributed by atoms with Crippen LogP contribution in [0.25, 0.3) is 21.8 Å². The summed E-state index contributed by atoms with van der Waals surface area (Å²) >= 11 is 0. The molecule has 0 saturated carbocycles. The van der Waals surface area contributed by atoms with E-state index >= 15 is 0 Å². The zero-order valence-corrected chi connectivity index (χ0v) is 30.9. The van der Waals surface area contributed by atoms with Gasteiger partial charge in [-0.15, -0.1) is 0 Å². The third kappa shape index (κ3) is 12.5. The standard InChI is InChI=1S/C37H51N11O7/c38-23-32(50)45-25-33(51)42-12-15-47-13-10-39-8-9-40-24-30(41-11-14-47)28-22-34(52)48(37(28)53)16-18-55-20-19-54-17-5-31(49)46-29-21-26-3-1-6-43-35(26)36-27(29)4-2-7-44-36/h1-4,6-7,21-22,30,39-41H,5,8-20,23-25,38H2,(H,42,51)(H,45,50)(H,46,49). The molecule has 2 aliphatic heterocycles. The van der Waals surface area contributed by atoms with E-state index in [0.717, 1.165) is 41.4 Å². The van der Waals surface area contributed by atoms with Crippen molar-refractivity contribution in [2.24, 2.45) is 5.73 Å².